The summed E-state index contributed by atoms with van der Waals surface area (Å²) in [7, 11) is 0. The maximum atomic E-state index is 6.73. The Morgan fingerprint density at radius 2 is 1.74 bits per heavy atom. The summed E-state index contributed by atoms with van der Waals surface area (Å²) in [5.74, 6) is 0.915. The maximum absolute atomic E-state index is 6.73. The van der Waals surface area contributed by atoms with Crippen molar-refractivity contribution in [3.8, 4) is 0 Å². The molecular weight excluding hydrogens is 327 g/mol. The Labute approximate surface area is 146 Å². The van der Waals surface area contributed by atoms with Gasteiger partial charge in [-0.05, 0) is 36.1 Å². The summed E-state index contributed by atoms with van der Waals surface area (Å²) in [6.07, 6.45) is 4.63. The topological polar surface area (TPSA) is 29.0 Å². The van der Waals surface area contributed by atoms with Crippen LogP contribution < -0.4 is 5.73 Å². The van der Waals surface area contributed by atoms with Crippen LogP contribution in [-0.4, -0.2) is 10.4 Å². The van der Waals surface area contributed by atoms with Crippen LogP contribution in [0.5, 0.6) is 0 Å². The van der Waals surface area contributed by atoms with Gasteiger partial charge in [0, 0.05) is 11.1 Å². The first-order chi connectivity index (χ1) is 11.1. The van der Waals surface area contributed by atoms with Crippen molar-refractivity contribution < 1.29 is 4.58 Å². The van der Waals surface area contributed by atoms with Crippen molar-refractivity contribution in [3.05, 3.63) is 63.6 Å². The van der Waals surface area contributed by atoms with Gasteiger partial charge < -0.3 is 0 Å². The molecule has 1 spiro atoms. The van der Waals surface area contributed by atoms with E-state index in [1.165, 1.54) is 24.0 Å². The van der Waals surface area contributed by atoms with Crippen LogP contribution in [0.1, 0.15) is 36.8 Å². The third-order valence-electron chi connectivity index (χ3n) is 5.30. The van der Waals surface area contributed by atoms with Crippen molar-refractivity contribution in [2.45, 2.75) is 37.6 Å². The van der Waals surface area contributed by atoms with Crippen LogP contribution in [0.3, 0.4) is 0 Å². The molecule has 0 unspecified atom stereocenters. The van der Waals surface area contributed by atoms with Crippen LogP contribution >= 0.6 is 23.2 Å². The first kappa shape index (κ1) is 15.0. The lowest BCUT2D eigenvalue weighted by Gasteiger charge is -2.34. The minimum Gasteiger partial charge on any atom is -0.290 e. The second-order valence-electron chi connectivity index (χ2n) is 6.51. The van der Waals surface area contributed by atoms with E-state index < -0.39 is 0 Å². The van der Waals surface area contributed by atoms with E-state index in [-0.39, 0.29) is 5.41 Å². The SMILES string of the molecule is NC1=[N+](c2cc(Cl)ccc2Cl)Cc2ccccc2C12CCCC2. The molecule has 0 atom stereocenters. The number of fused-ring (bicyclic) bond motifs is 2. The zero-order valence-electron chi connectivity index (χ0n) is 12.9. The van der Waals surface area contributed by atoms with Gasteiger partial charge in [-0.2, -0.15) is 0 Å². The highest BCUT2D eigenvalue weighted by atomic mass is 35.5. The van der Waals surface area contributed by atoms with Crippen LogP contribution in [0, 0.1) is 0 Å². The summed E-state index contributed by atoms with van der Waals surface area (Å²) in [5, 5.41) is 1.36. The third-order valence-corrected chi connectivity index (χ3v) is 5.85. The Hall–Kier alpha value is -1.51. The van der Waals surface area contributed by atoms with E-state index >= 15 is 0 Å². The fraction of sp³-hybridized carbons (Fsp3) is 0.316. The average molecular weight is 346 g/mol. The molecule has 118 valence electrons. The molecule has 0 aromatic heterocycles. The van der Waals surface area contributed by atoms with Gasteiger partial charge >= 0.3 is 0 Å². The van der Waals surface area contributed by atoms with Gasteiger partial charge in [0.2, 0.25) is 0 Å². The predicted molar refractivity (Wildman–Crippen MR) is 95.9 cm³/mol. The fourth-order valence-corrected chi connectivity index (χ4v) is 4.57. The molecule has 2 nitrogen and oxygen atoms in total. The van der Waals surface area contributed by atoms with Crippen molar-refractivity contribution in [1.82, 2.24) is 0 Å². The highest BCUT2D eigenvalue weighted by Crippen LogP contribution is 2.46. The molecule has 0 saturated heterocycles. The van der Waals surface area contributed by atoms with Crippen molar-refractivity contribution in [1.29, 1.82) is 0 Å². The van der Waals surface area contributed by atoms with Crippen LogP contribution in [0.2, 0.25) is 10.0 Å². The number of benzene rings is 2. The number of nitrogens with two attached hydrogens (primary N) is 1. The second-order valence-corrected chi connectivity index (χ2v) is 7.36. The van der Waals surface area contributed by atoms with Crippen LogP contribution in [0.25, 0.3) is 0 Å². The minimum absolute atomic E-state index is 0.0551. The van der Waals surface area contributed by atoms with E-state index in [0.717, 1.165) is 30.9 Å². The molecule has 23 heavy (non-hydrogen) atoms. The second kappa shape index (κ2) is 5.54. The molecule has 0 bridgehead atoms. The van der Waals surface area contributed by atoms with E-state index in [1.807, 2.05) is 18.2 Å². The lowest BCUT2D eigenvalue weighted by molar-refractivity contribution is -0.465. The monoisotopic (exact) mass is 345 g/mol. The van der Waals surface area contributed by atoms with E-state index in [4.69, 9.17) is 28.9 Å². The van der Waals surface area contributed by atoms with E-state index in [9.17, 15) is 0 Å². The van der Waals surface area contributed by atoms with Crippen LogP contribution in [0.15, 0.2) is 42.5 Å². The van der Waals surface area contributed by atoms with Gasteiger partial charge in [-0.25, -0.2) is 4.58 Å². The molecule has 0 amide bonds. The van der Waals surface area contributed by atoms with E-state index in [2.05, 4.69) is 28.8 Å². The smallest absolute Gasteiger partial charge is 0.258 e. The zero-order chi connectivity index (χ0) is 16.0. The molecule has 2 aromatic rings. The molecule has 1 aliphatic carbocycles. The van der Waals surface area contributed by atoms with Gasteiger partial charge in [-0.15, -0.1) is 0 Å². The molecular formula is C19H19Cl2N2+. The van der Waals surface area contributed by atoms with Crippen molar-refractivity contribution >= 4 is 34.7 Å². The standard InChI is InChI=1S/C19H18Cl2N2/c20-14-7-8-16(21)17(11-14)23-12-13-5-1-2-6-15(13)19(18(23)22)9-3-4-10-19/h1-2,5-8,11,22H,3-4,9-10,12H2/p+1. The Balaban J connectivity index is 1.96. The summed E-state index contributed by atoms with van der Waals surface area (Å²) in [4.78, 5) is 0. The molecule has 1 heterocycles. The molecule has 1 fully saturated rings. The van der Waals surface area contributed by atoms with E-state index in [0.29, 0.717) is 10.0 Å². The lowest BCUT2D eigenvalue weighted by Crippen LogP contribution is -2.48. The molecule has 1 saturated carbocycles. The number of halogens is 2. The van der Waals surface area contributed by atoms with E-state index in [1.54, 1.807) is 0 Å². The number of hydrogen-bond donors (Lipinski definition) is 1. The van der Waals surface area contributed by atoms with Crippen LogP contribution in [-0.2, 0) is 12.0 Å². The quantitative estimate of drug-likeness (QED) is 0.722. The Kier molecular flexibility index (Phi) is 3.62. The Morgan fingerprint density at radius 3 is 2.52 bits per heavy atom. The van der Waals surface area contributed by atoms with Crippen LogP contribution in [0.4, 0.5) is 5.69 Å². The molecule has 2 N–H and O–H groups in total. The van der Waals surface area contributed by atoms with Crippen molar-refractivity contribution in [2.75, 3.05) is 0 Å². The summed E-state index contributed by atoms with van der Waals surface area (Å²) in [6.45, 7) is 0.740. The van der Waals surface area contributed by atoms with Gasteiger partial charge in [-0.1, -0.05) is 60.3 Å². The predicted octanol–water partition coefficient (Wildman–Crippen LogP) is 5.02. The molecule has 4 heteroatoms. The summed E-state index contributed by atoms with van der Waals surface area (Å²) >= 11 is 12.6. The first-order valence-corrected chi connectivity index (χ1v) is 8.81. The minimum atomic E-state index is -0.0551. The molecule has 0 radical (unpaired) electrons. The van der Waals surface area contributed by atoms with Gasteiger partial charge in [0.25, 0.3) is 5.84 Å². The normalized spacial score (nSPS) is 19.2. The highest BCUT2D eigenvalue weighted by Gasteiger charge is 2.48. The Bertz CT molecular complexity index is 805. The largest absolute Gasteiger partial charge is 0.290 e. The number of hydrogen-bond acceptors (Lipinski definition) is 1. The Morgan fingerprint density at radius 1 is 1.00 bits per heavy atom. The zero-order valence-corrected chi connectivity index (χ0v) is 14.4. The highest BCUT2D eigenvalue weighted by molar-refractivity contribution is 6.34. The first-order valence-electron chi connectivity index (χ1n) is 8.06. The lowest BCUT2D eigenvalue weighted by atomic mass is 9.73. The number of nitrogens with zero attached hydrogens (tertiary/aromatic N) is 1. The summed E-state index contributed by atoms with van der Waals surface area (Å²) in [5.41, 5.74) is 10.3. The molecule has 4 rings (SSSR count). The third kappa shape index (κ3) is 2.28. The molecule has 1 aliphatic heterocycles. The number of rotatable bonds is 1. The van der Waals surface area contributed by atoms with Gasteiger partial charge in [-0.3, -0.25) is 5.73 Å². The summed E-state index contributed by atoms with van der Waals surface area (Å²) in [6, 6.07) is 14.2. The number of amidine groups is 1. The van der Waals surface area contributed by atoms with Gasteiger partial charge in [0.1, 0.15) is 12.2 Å². The van der Waals surface area contributed by atoms with Crippen molar-refractivity contribution in [3.63, 3.8) is 0 Å². The maximum Gasteiger partial charge on any atom is 0.258 e. The van der Waals surface area contributed by atoms with Crippen molar-refractivity contribution in [2.24, 2.45) is 5.73 Å². The molecule has 2 aromatic carbocycles. The van der Waals surface area contributed by atoms with Gasteiger partial charge in [0.15, 0.2) is 0 Å². The molecule has 2 aliphatic rings. The van der Waals surface area contributed by atoms with Gasteiger partial charge in [0.05, 0.1) is 10.4 Å². The fourth-order valence-electron chi connectivity index (χ4n) is 4.19. The summed E-state index contributed by atoms with van der Waals surface area (Å²) < 4.78 is 2.15. The average Bonchev–Trinajstić information content (AvgIpc) is 3.04.